The summed E-state index contributed by atoms with van der Waals surface area (Å²) in [7, 11) is 0. The molecule has 0 saturated carbocycles. The molecule has 0 spiro atoms. The van der Waals surface area contributed by atoms with Gasteiger partial charge in [-0.3, -0.25) is 14.4 Å². The van der Waals surface area contributed by atoms with E-state index in [1.54, 1.807) is 6.92 Å². The predicted octanol–water partition coefficient (Wildman–Crippen LogP) is 4.93. The van der Waals surface area contributed by atoms with Gasteiger partial charge in [0.1, 0.15) is 12.2 Å². The summed E-state index contributed by atoms with van der Waals surface area (Å²) in [6.45, 7) is 16.1. The monoisotopic (exact) mass is 460 g/mol. The zero-order chi connectivity index (χ0) is 24.7. The van der Waals surface area contributed by atoms with E-state index in [2.05, 4.69) is 26.2 Å². The molecule has 0 aromatic rings. The summed E-state index contributed by atoms with van der Waals surface area (Å²) in [6, 6.07) is 0. The Hall–Kier alpha value is -2.83. The van der Waals surface area contributed by atoms with E-state index in [0.717, 1.165) is 36.8 Å². The van der Waals surface area contributed by atoms with Crippen molar-refractivity contribution in [3.05, 3.63) is 47.8 Å². The van der Waals surface area contributed by atoms with Crippen molar-refractivity contribution >= 4 is 17.9 Å². The third-order valence-electron chi connectivity index (χ3n) is 6.02. The van der Waals surface area contributed by atoms with Gasteiger partial charge < -0.3 is 18.9 Å². The first-order chi connectivity index (χ1) is 15.5. The third-order valence-corrected chi connectivity index (χ3v) is 6.02. The van der Waals surface area contributed by atoms with E-state index in [0.29, 0.717) is 5.57 Å². The standard InChI is InChI=1S/C26H36O7/c1-15(2)23(31-18(5)27)13-24(32-19(6)28)22-14-30-26(33-20(7)29)25-17(4)10-8-9-16(3)11-12-21(22)25/h9,14,21,23-26H,1,4,8,10-13H2,2-3,5-7H3/b16-9+/t21-,23?,24?,25?,26-/m1/s1. The molecule has 1 aliphatic heterocycles. The maximum atomic E-state index is 12.0. The molecular formula is C26H36O7. The maximum absolute atomic E-state index is 12.0. The van der Waals surface area contributed by atoms with Gasteiger partial charge in [-0.2, -0.15) is 0 Å². The van der Waals surface area contributed by atoms with Gasteiger partial charge >= 0.3 is 17.9 Å². The van der Waals surface area contributed by atoms with Gasteiger partial charge in [0, 0.05) is 38.7 Å². The van der Waals surface area contributed by atoms with Crippen LogP contribution in [-0.2, 0) is 33.3 Å². The number of allylic oxidation sites excluding steroid dienone is 2. The van der Waals surface area contributed by atoms with Crippen LogP contribution < -0.4 is 0 Å². The van der Waals surface area contributed by atoms with Gasteiger partial charge in [-0.1, -0.05) is 30.4 Å². The first-order valence-electron chi connectivity index (χ1n) is 11.3. The van der Waals surface area contributed by atoms with Crippen molar-refractivity contribution in [1.29, 1.82) is 0 Å². The lowest BCUT2D eigenvalue weighted by Gasteiger charge is -2.41. The fraction of sp³-hybridized carbons (Fsp3) is 0.577. The smallest absolute Gasteiger partial charge is 0.305 e. The molecule has 7 nitrogen and oxygen atoms in total. The van der Waals surface area contributed by atoms with E-state index in [1.807, 2.05) is 0 Å². The van der Waals surface area contributed by atoms with Crippen molar-refractivity contribution in [2.24, 2.45) is 11.8 Å². The molecule has 0 fully saturated rings. The zero-order valence-corrected chi connectivity index (χ0v) is 20.3. The Labute approximate surface area is 196 Å². The molecule has 3 unspecified atom stereocenters. The van der Waals surface area contributed by atoms with Crippen molar-refractivity contribution in [1.82, 2.24) is 0 Å². The average molecular weight is 461 g/mol. The van der Waals surface area contributed by atoms with E-state index in [9.17, 15) is 14.4 Å². The second-order valence-electron chi connectivity index (χ2n) is 8.93. The summed E-state index contributed by atoms with van der Waals surface area (Å²) in [6.07, 6.45) is 4.97. The van der Waals surface area contributed by atoms with E-state index in [-0.39, 0.29) is 18.3 Å². The van der Waals surface area contributed by atoms with Crippen LogP contribution in [0.4, 0.5) is 0 Å². The van der Waals surface area contributed by atoms with Gasteiger partial charge in [0.2, 0.25) is 6.29 Å². The molecule has 2 rings (SSSR count). The van der Waals surface area contributed by atoms with Crippen LogP contribution in [0.25, 0.3) is 0 Å². The summed E-state index contributed by atoms with van der Waals surface area (Å²) >= 11 is 0. The highest BCUT2D eigenvalue weighted by Gasteiger charge is 2.43. The molecule has 0 aromatic carbocycles. The number of rotatable bonds is 7. The van der Waals surface area contributed by atoms with Crippen LogP contribution in [0.1, 0.15) is 66.7 Å². The topological polar surface area (TPSA) is 88.1 Å². The second kappa shape index (κ2) is 11.9. The maximum Gasteiger partial charge on any atom is 0.305 e. The van der Waals surface area contributed by atoms with E-state index < -0.39 is 36.4 Å². The van der Waals surface area contributed by atoms with Gasteiger partial charge in [-0.25, -0.2) is 0 Å². The molecule has 1 aliphatic carbocycles. The largest absolute Gasteiger partial charge is 0.462 e. The van der Waals surface area contributed by atoms with Gasteiger partial charge in [0.05, 0.1) is 12.2 Å². The predicted molar refractivity (Wildman–Crippen MR) is 124 cm³/mol. The van der Waals surface area contributed by atoms with Crippen LogP contribution in [0.3, 0.4) is 0 Å². The van der Waals surface area contributed by atoms with E-state index >= 15 is 0 Å². The average Bonchev–Trinajstić information content (AvgIpc) is 2.76. The van der Waals surface area contributed by atoms with Crippen LogP contribution in [0.2, 0.25) is 0 Å². The summed E-state index contributed by atoms with van der Waals surface area (Å²) in [5.41, 5.74) is 3.59. The van der Waals surface area contributed by atoms with Gasteiger partial charge in [0.15, 0.2) is 0 Å². The molecule has 7 heteroatoms. The Morgan fingerprint density at radius 1 is 1.09 bits per heavy atom. The molecule has 0 saturated heterocycles. The minimum atomic E-state index is -0.800. The Kier molecular flexibility index (Phi) is 9.50. The first-order valence-corrected chi connectivity index (χ1v) is 11.3. The lowest BCUT2D eigenvalue weighted by atomic mass is 9.74. The van der Waals surface area contributed by atoms with Crippen LogP contribution in [0, 0.1) is 11.8 Å². The van der Waals surface area contributed by atoms with Crippen molar-refractivity contribution in [2.45, 2.75) is 85.2 Å². The molecule has 0 N–H and O–H groups in total. The number of esters is 3. The van der Waals surface area contributed by atoms with Crippen LogP contribution >= 0.6 is 0 Å². The molecule has 0 radical (unpaired) electrons. The highest BCUT2D eigenvalue weighted by Crippen LogP contribution is 2.44. The number of carbonyl (C=O) groups excluding carboxylic acids is 3. The van der Waals surface area contributed by atoms with Crippen molar-refractivity contribution in [3.63, 3.8) is 0 Å². The Morgan fingerprint density at radius 3 is 2.33 bits per heavy atom. The normalized spacial score (nSPS) is 26.3. The van der Waals surface area contributed by atoms with E-state index in [4.69, 9.17) is 18.9 Å². The Morgan fingerprint density at radius 2 is 1.76 bits per heavy atom. The number of carbonyl (C=O) groups is 3. The van der Waals surface area contributed by atoms with Crippen LogP contribution in [0.15, 0.2) is 47.8 Å². The molecule has 0 aromatic heterocycles. The van der Waals surface area contributed by atoms with Crippen molar-refractivity contribution in [3.8, 4) is 0 Å². The summed E-state index contributed by atoms with van der Waals surface area (Å²) < 4.78 is 22.5. The Balaban J connectivity index is 2.49. The molecular weight excluding hydrogens is 424 g/mol. The fourth-order valence-corrected chi connectivity index (χ4v) is 4.47. The number of hydrogen-bond donors (Lipinski definition) is 0. The molecule has 2 aliphatic rings. The second-order valence-corrected chi connectivity index (χ2v) is 8.93. The SMILES string of the molecule is C=C(C)C(CC(OC(C)=O)C1=CO[C@H](OC(C)=O)C2C(=C)CC/C=C(\C)CC[C@H]12)OC(C)=O. The van der Waals surface area contributed by atoms with Gasteiger partial charge in [0.25, 0.3) is 0 Å². The first kappa shape index (κ1) is 26.4. The quantitative estimate of drug-likeness (QED) is 0.302. The lowest BCUT2D eigenvalue weighted by Crippen LogP contribution is -2.42. The lowest BCUT2D eigenvalue weighted by molar-refractivity contribution is -0.181. The van der Waals surface area contributed by atoms with Gasteiger partial charge in [-0.05, 0) is 45.1 Å². The third kappa shape index (κ3) is 7.62. The van der Waals surface area contributed by atoms with Crippen molar-refractivity contribution in [2.75, 3.05) is 0 Å². The number of fused-ring (bicyclic) bond motifs is 1. The molecule has 182 valence electrons. The number of ether oxygens (including phenoxy) is 4. The molecule has 5 atom stereocenters. The fourth-order valence-electron chi connectivity index (χ4n) is 4.47. The summed E-state index contributed by atoms with van der Waals surface area (Å²) in [5, 5.41) is 0. The molecule has 33 heavy (non-hydrogen) atoms. The summed E-state index contributed by atoms with van der Waals surface area (Å²) in [5.74, 6) is -1.76. The number of hydrogen-bond acceptors (Lipinski definition) is 7. The molecule has 1 heterocycles. The molecule has 0 amide bonds. The highest BCUT2D eigenvalue weighted by atomic mass is 16.7. The van der Waals surface area contributed by atoms with Gasteiger partial charge in [-0.15, -0.1) is 0 Å². The minimum Gasteiger partial charge on any atom is -0.462 e. The zero-order valence-electron chi connectivity index (χ0n) is 20.3. The Bertz CT molecular complexity index is 851. The van der Waals surface area contributed by atoms with E-state index in [1.165, 1.54) is 32.6 Å². The summed E-state index contributed by atoms with van der Waals surface area (Å²) in [4.78, 5) is 35.4. The highest BCUT2D eigenvalue weighted by molar-refractivity contribution is 5.67. The van der Waals surface area contributed by atoms with Crippen LogP contribution in [0.5, 0.6) is 0 Å². The minimum absolute atomic E-state index is 0.135. The molecule has 0 bridgehead atoms. The van der Waals surface area contributed by atoms with Crippen molar-refractivity contribution < 1.29 is 33.3 Å². The van der Waals surface area contributed by atoms with Crippen LogP contribution in [-0.4, -0.2) is 36.4 Å².